The number of carbonyl (C=O) groups is 1. The number of nitrogens with one attached hydrogen (secondary N) is 1. The van der Waals surface area contributed by atoms with Crippen LogP contribution in [0.4, 0.5) is 11.4 Å². The Bertz CT molecular complexity index is 591. The SMILES string of the molecule is O=C(c1ccc(NC2CC2)c([N+](=O)[O-])c1)N1CCCCCCC1. The van der Waals surface area contributed by atoms with Crippen molar-refractivity contribution in [3.05, 3.63) is 33.9 Å². The monoisotopic (exact) mass is 317 g/mol. The summed E-state index contributed by atoms with van der Waals surface area (Å²) in [5.41, 5.74) is 0.926. The Balaban J connectivity index is 1.78. The number of anilines is 1. The van der Waals surface area contributed by atoms with Crippen LogP contribution in [-0.2, 0) is 0 Å². The van der Waals surface area contributed by atoms with Crippen LogP contribution in [0.3, 0.4) is 0 Å². The zero-order valence-corrected chi connectivity index (χ0v) is 13.3. The first-order valence-corrected chi connectivity index (χ1v) is 8.49. The number of amides is 1. The second kappa shape index (κ2) is 6.98. The summed E-state index contributed by atoms with van der Waals surface area (Å²) in [5, 5.41) is 14.5. The molecule has 1 saturated heterocycles. The lowest BCUT2D eigenvalue weighted by atomic mass is 10.1. The molecule has 2 aliphatic rings. The molecule has 0 spiro atoms. The second-order valence-electron chi connectivity index (χ2n) is 6.47. The maximum Gasteiger partial charge on any atom is 0.293 e. The fourth-order valence-corrected chi connectivity index (χ4v) is 3.02. The Morgan fingerprint density at radius 2 is 1.78 bits per heavy atom. The molecule has 1 amide bonds. The Morgan fingerprint density at radius 1 is 1.13 bits per heavy atom. The zero-order valence-electron chi connectivity index (χ0n) is 13.3. The topological polar surface area (TPSA) is 75.5 Å². The summed E-state index contributed by atoms with van der Waals surface area (Å²) >= 11 is 0. The highest BCUT2D eigenvalue weighted by Gasteiger charge is 2.26. The number of hydrogen-bond acceptors (Lipinski definition) is 4. The van der Waals surface area contributed by atoms with Gasteiger partial charge in [0.15, 0.2) is 0 Å². The van der Waals surface area contributed by atoms with Gasteiger partial charge >= 0.3 is 0 Å². The molecule has 2 fully saturated rings. The van der Waals surface area contributed by atoms with Crippen LogP contribution in [-0.4, -0.2) is 34.9 Å². The van der Waals surface area contributed by atoms with E-state index in [-0.39, 0.29) is 11.6 Å². The Morgan fingerprint density at radius 3 is 2.39 bits per heavy atom. The fraction of sp³-hybridized carbons (Fsp3) is 0.588. The van der Waals surface area contributed by atoms with Crippen LogP contribution >= 0.6 is 0 Å². The molecule has 1 aromatic rings. The Hall–Kier alpha value is -2.11. The molecule has 1 aliphatic heterocycles. The predicted molar refractivity (Wildman–Crippen MR) is 88.7 cm³/mol. The van der Waals surface area contributed by atoms with Crippen LogP contribution < -0.4 is 5.32 Å². The smallest absolute Gasteiger partial charge is 0.293 e. The maximum absolute atomic E-state index is 12.7. The van der Waals surface area contributed by atoms with Crippen LogP contribution in [0.15, 0.2) is 18.2 Å². The molecule has 1 saturated carbocycles. The molecule has 0 radical (unpaired) electrons. The highest BCUT2D eigenvalue weighted by atomic mass is 16.6. The third-order valence-electron chi connectivity index (χ3n) is 4.52. The van der Waals surface area contributed by atoms with Gasteiger partial charge in [-0.2, -0.15) is 0 Å². The molecule has 6 nitrogen and oxygen atoms in total. The number of rotatable bonds is 4. The first kappa shape index (κ1) is 15.8. The van der Waals surface area contributed by atoms with Gasteiger partial charge in [0.25, 0.3) is 11.6 Å². The maximum atomic E-state index is 12.7. The lowest BCUT2D eigenvalue weighted by Gasteiger charge is -2.25. The van der Waals surface area contributed by atoms with Gasteiger partial charge in [0.1, 0.15) is 5.69 Å². The average Bonchev–Trinajstić information content (AvgIpc) is 3.30. The number of carbonyl (C=O) groups excluding carboxylic acids is 1. The van der Waals surface area contributed by atoms with Crippen molar-refractivity contribution in [3.63, 3.8) is 0 Å². The lowest BCUT2D eigenvalue weighted by molar-refractivity contribution is -0.384. The minimum Gasteiger partial charge on any atom is -0.377 e. The number of nitro groups is 1. The van der Waals surface area contributed by atoms with E-state index < -0.39 is 4.92 Å². The zero-order chi connectivity index (χ0) is 16.2. The fourth-order valence-electron chi connectivity index (χ4n) is 3.02. The first-order valence-electron chi connectivity index (χ1n) is 8.49. The summed E-state index contributed by atoms with van der Waals surface area (Å²) in [4.78, 5) is 25.4. The molecule has 0 aromatic heterocycles. The van der Waals surface area contributed by atoms with Crippen molar-refractivity contribution in [1.29, 1.82) is 0 Å². The van der Waals surface area contributed by atoms with Gasteiger partial charge in [-0.1, -0.05) is 19.3 Å². The molecule has 0 bridgehead atoms. The minimum absolute atomic E-state index is 0.00482. The highest BCUT2D eigenvalue weighted by Crippen LogP contribution is 2.32. The quantitative estimate of drug-likeness (QED) is 0.680. The van der Waals surface area contributed by atoms with Crippen molar-refractivity contribution in [2.45, 2.75) is 51.0 Å². The molecule has 6 heteroatoms. The second-order valence-corrected chi connectivity index (χ2v) is 6.47. The van der Waals surface area contributed by atoms with Crippen molar-refractivity contribution >= 4 is 17.3 Å². The first-order chi connectivity index (χ1) is 11.1. The Labute approximate surface area is 136 Å². The number of hydrogen-bond donors (Lipinski definition) is 1. The summed E-state index contributed by atoms with van der Waals surface area (Å²) in [6.45, 7) is 1.49. The van der Waals surface area contributed by atoms with Gasteiger partial charge in [-0.3, -0.25) is 14.9 Å². The van der Waals surface area contributed by atoms with Crippen LogP contribution in [0.25, 0.3) is 0 Å². The van der Waals surface area contributed by atoms with E-state index in [0.29, 0.717) is 17.3 Å². The summed E-state index contributed by atoms with van der Waals surface area (Å²) < 4.78 is 0. The minimum atomic E-state index is -0.408. The van der Waals surface area contributed by atoms with E-state index in [0.717, 1.165) is 51.6 Å². The largest absolute Gasteiger partial charge is 0.377 e. The lowest BCUT2D eigenvalue weighted by Crippen LogP contribution is -2.33. The molecule has 1 heterocycles. The molecule has 124 valence electrons. The van der Waals surface area contributed by atoms with E-state index in [1.807, 2.05) is 4.90 Å². The van der Waals surface area contributed by atoms with Crippen molar-refractivity contribution in [1.82, 2.24) is 4.90 Å². The van der Waals surface area contributed by atoms with Gasteiger partial charge in [0.05, 0.1) is 4.92 Å². The van der Waals surface area contributed by atoms with E-state index in [4.69, 9.17) is 0 Å². The van der Waals surface area contributed by atoms with Crippen molar-refractivity contribution in [2.24, 2.45) is 0 Å². The molecular weight excluding hydrogens is 294 g/mol. The normalized spacial score (nSPS) is 18.9. The number of nitrogens with zero attached hydrogens (tertiary/aromatic N) is 2. The summed E-state index contributed by atoms with van der Waals surface area (Å²) in [6.07, 6.45) is 7.64. The van der Waals surface area contributed by atoms with Gasteiger partial charge in [0, 0.05) is 30.8 Å². The van der Waals surface area contributed by atoms with Gasteiger partial charge in [-0.05, 0) is 37.8 Å². The molecule has 0 atom stereocenters. The molecule has 1 aromatic carbocycles. The summed E-state index contributed by atoms with van der Waals surface area (Å²) in [6, 6.07) is 5.14. The van der Waals surface area contributed by atoms with Gasteiger partial charge in [-0.25, -0.2) is 0 Å². The molecule has 3 rings (SSSR count). The van der Waals surface area contributed by atoms with E-state index >= 15 is 0 Å². The highest BCUT2D eigenvalue weighted by molar-refractivity contribution is 5.95. The third-order valence-corrected chi connectivity index (χ3v) is 4.52. The van der Waals surface area contributed by atoms with Gasteiger partial charge in [0.2, 0.25) is 0 Å². The van der Waals surface area contributed by atoms with E-state index in [2.05, 4.69) is 5.32 Å². The van der Waals surface area contributed by atoms with Crippen LogP contribution in [0.5, 0.6) is 0 Å². The van der Waals surface area contributed by atoms with Crippen molar-refractivity contribution in [3.8, 4) is 0 Å². The summed E-state index contributed by atoms with van der Waals surface area (Å²) in [7, 11) is 0. The third kappa shape index (κ3) is 4.00. The number of benzene rings is 1. The average molecular weight is 317 g/mol. The van der Waals surface area contributed by atoms with Crippen LogP contribution in [0.1, 0.15) is 55.3 Å². The van der Waals surface area contributed by atoms with Gasteiger partial charge in [-0.15, -0.1) is 0 Å². The van der Waals surface area contributed by atoms with Crippen molar-refractivity contribution < 1.29 is 9.72 Å². The van der Waals surface area contributed by atoms with Crippen LogP contribution in [0.2, 0.25) is 0 Å². The predicted octanol–water partition coefficient (Wildman–Crippen LogP) is 3.58. The number of likely N-dealkylation sites (tertiary alicyclic amines) is 1. The standard InChI is InChI=1S/C17H23N3O3/c21-17(19-10-4-2-1-3-5-11-19)13-6-9-15(18-14-7-8-14)16(12-13)20(22)23/h6,9,12,14,18H,1-5,7-8,10-11H2. The van der Waals surface area contributed by atoms with E-state index in [9.17, 15) is 14.9 Å². The molecule has 0 unspecified atom stereocenters. The Kier molecular flexibility index (Phi) is 4.79. The molecule has 1 aliphatic carbocycles. The van der Waals surface area contributed by atoms with Gasteiger partial charge < -0.3 is 10.2 Å². The van der Waals surface area contributed by atoms with E-state index in [1.54, 1.807) is 12.1 Å². The number of nitro benzene ring substituents is 1. The van der Waals surface area contributed by atoms with E-state index in [1.165, 1.54) is 12.5 Å². The molecule has 1 N–H and O–H groups in total. The molecule has 23 heavy (non-hydrogen) atoms. The molecular formula is C17H23N3O3. The summed E-state index contributed by atoms with van der Waals surface area (Å²) in [5.74, 6) is -0.0898. The van der Waals surface area contributed by atoms with Crippen molar-refractivity contribution in [2.75, 3.05) is 18.4 Å². The van der Waals surface area contributed by atoms with Crippen LogP contribution in [0, 0.1) is 10.1 Å².